The molecule has 2 nitrogen and oxygen atoms in total. The van der Waals surface area contributed by atoms with Gasteiger partial charge < -0.3 is 10.5 Å². The van der Waals surface area contributed by atoms with Gasteiger partial charge in [0.1, 0.15) is 0 Å². The Labute approximate surface area is 121 Å². The van der Waals surface area contributed by atoms with Crippen LogP contribution < -0.4 is 5.73 Å². The number of hydrogen-bond donors (Lipinski definition) is 1. The van der Waals surface area contributed by atoms with Gasteiger partial charge in [0.05, 0.1) is 13.2 Å². The molecule has 0 aliphatic carbocycles. The lowest BCUT2D eigenvalue weighted by atomic mass is 9.97. The topological polar surface area (TPSA) is 35.2 Å². The molecule has 0 fully saturated rings. The van der Waals surface area contributed by atoms with Crippen LogP contribution in [0.15, 0.2) is 54.6 Å². The fourth-order valence-electron chi connectivity index (χ4n) is 2.28. The van der Waals surface area contributed by atoms with Crippen molar-refractivity contribution in [3.63, 3.8) is 0 Å². The zero-order valence-electron chi connectivity index (χ0n) is 12.1. The molecular weight excluding hydrogens is 246 g/mol. The van der Waals surface area contributed by atoms with Crippen LogP contribution in [-0.2, 0) is 17.8 Å². The van der Waals surface area contributed by atoms with Gasteiger partial charge in [-0.25, -0.2) is 0 Å². The van der Waals surface area contributed by atoms with E-state index in [-0.39, 0.29) is 0 Å². The van der Waals surface area contributed by atoms with Crippen LogP contribution in [0.4, 0.5) is 0 Å². The minimum absolute atomic E-state index is 0.375. The van der Waals surface area contributed by atoms with Crippen LogP contribution in [0.3, 0.4) is 0 Å². The lowest BCUT2D eigenvalue weighted by molar-refractivity contribution is 0.0892. The predicted octanol–water partition coefficient (Wildman–Crippen LogP) is 3.33. The van der Waals surface area contributed by atoms with E-state index in [0.717, 1.165) is 6.42 Å². The Hall–Kier alpha value is -1.64. The average molecular weight is 269 g/mol. The SMILES string of the molecule is Cc1ccccc1CC(CN)COCc1ccccc1. The summed E-state index contributed by atoms with van der Waals surface area (Å²) >= 11 is 0. The predicted molar refractivity (Wildman–Crippen MR) is 83.5 cm³/mol. The molecule has 0 heterocycles. The second-order valence-corrected chi connectivity index (χ2v) is 5.23. The smallest absolute Gasteiger partial charge is 0.0717 e. The maximum atomic E-state index is 5.87. The van der Waals surface area contributed by atoms with Gasteiger partial charge in [0.15, 0.2) is 0 Å². The third-order valence-corrected chi connectivity index (χ3v) is 3.57. The van der Waals surface area contributed by atoms with Gasteiger partial charge >= 0.3 is 0 Å². The minimum atomic E-state index is 0.375. The molecule has 0 spiro atoms. The number of aryl methyl sites for hydroxylation is 1. The number of benzene rings is 2. The first-order valence-electron chi connectivity index (χ1n) is 7.16. The lowest BCUT2D eigenvalue weighted by Crippen LogP contribution is -2.22. The molecule has 0 aliphatic rings. The van der Waals surface area contributed by atoms with E-state index in [1.54, 1.807) is 0 Å². The van der Waals surface area contributed by atoms with Crippen LogP contribution in [0.5, 0.6) is 0 Å². The largest absolute Gasteiger partial charge is 0.376 e. The molecule has 0 aliphatic heterocycles. The molecule has 106 valence electrons. The molecule has 20 heavy (non-hydrogen) atoms. The fourth-order valence-corrected chi connectivity index (χ4v) is 2.28. The first-order chi connectivity index (χ1) is 9.79. The Morgan fingerprint density at radius 1 is 1.00 bits per heavy atom. The highest BCUT2D eigenvalue weighted by atomic mass is 16.5. The van der Waals surface area contributed by atoms with Crippen LogP contribution in [0.25, 0.3) is 0 Å². The molecule has 1 unspecified atom stereocenters. The zero-order chi connectivity index (χ0) is 14.2. The van der Waals surface area contributed by atoms with E-state index in [4.69, 9.17) is 10.5 Å². The Balaban J connectivity index is 1.82. The van der Waals surface area contributed by atoms with Gasteiger partial charge in [0.25, 0.3) is 0 Å². The number of ether oxygens (including phenoxy) is 1. The number of hydrogen-bond acceptors (Lipinski definition) is 2. The molecule has 0 radical (unpaired) electrons. The van der Waals surface area contributed by atoms with Crippen molar-refractivity contribution in [2.45, 2.75) is 20.0 Å². The van der Waals surface area contributed by atoms with Crippen molar-refractivity contribution in [1.29, 1.82) is 0 Å². The standard InChI is InChI=1S/C18H23NO/c1-15-7-5-6-10-18(15)11-17(12-19)14-20-13-16-8-3-2-4-9-16/h2-10,17H,11-14,19H2,1H3. The number of nitrogens with two attached hydrogens (primary N) is 1. The van der Waals surface area contributed by atoms with E-state index >= 15 is 0 Å². The quantitative estimate of drug-likeness (QED) is 0.836. The Morgan fingerprint density at radius 3 is 2.40 bits per heavy atom. The maximum Gasteiger partial charge on any atom is 0.0717 e. The van der Waals surface area contributed by atoms with Gasteiger partial charge in [-0.05, 0) is 42.5 Å². The summed E-state index contributed by atoms with van der Waals surface area (Å²) in [5, 5.41) is 0. The lowest BCUT2D eigenvalue weighted by Gasteiger charge is -2.16. The molecule has 0 bridgehead atoms. The molecule has 1 atom stereocenters. The van der Waals surface area contributed by atoms with Crippen LogP contribution in [0.2, 0.25) is 0 Å². The van der Waals surface area contributed by atoms with Crippen molar-refractivity contribution in [3.8, 4) is 0 Å². The molecule has 0 saturated heterocycles. The van der Waals surface area contributed by atoms with Crippen molar-refractivity contribution in [2.75, 3.05) is 13.2 Å². The van der Waals surface area contributed by atoms with E-state index in [1.165, 1.54) is 16.7 Å². The van der Waals surface area contributed by atoms with Crippen LogP contribution >= 0.6 is 0 Å². The molecule has 0 aromatic heterocycles. The van der Waals surface area contributed by atoms with Crippen LogP contribution in [0.1, 0.15) is 16.7 Å². The zero-order valence-corrected chi connectivity index (χ0v) is 12.1. The van der Waals surface area contributed by atoms with Crippen molar-refractivity contribution in [2.24, 2.45) is 11.7 Å². The highest BCUT2D eigenvalue weighted by Crippen LogP contribution is 2.13. The van der Waals surface area contributed by atoms with E-state index in [0.29, 0.717) is 25.7 Å². The highest BCUT2D eigenvalue weighted by molar-refractivity contribution is 5.26. The Kier molecular flexibility index (Phi) is 5.78. The molecule has 2 aromatic rings. The summed E-state index contributed by atoms with van der Waals surface area (Å²) < 4.78 is 5.80. The molecular formula is C18H23NO. The van der Waals surface area contributed by atoms with Gasteiger partial charge in [-0.1, -0.05) is 54.6 Å². The van der Waals surface area contributed by atoms with Gasteiger partial charge in [0.2, 0.25) is 0 Å². The molecule has 2 rings (SSSR count). The monoisotopic (exact) mass is 269 g/mol. The Bertz CT molecular complexity index is 510. The summed E-state index contributed by atoms with van der Waals surface area (Å²) in [4.78, 5) is 0. The van der Waals surface area contributed by atoms with E-state index in [2.05, 4.69) is 43.3 Å². The van der Waals surface area contributed by atoms with Gasteiger partial charge in [-0.2, -0.15) is 0 Å². The maximum absolute atomic E-state index is 5.87. The van der Waals surface area contributed by atoms with E-state index in [1.807, 2.05) is 18.2 Å². The number of rotatable bonds is 7. The second-order valence-electron chi connectivity index (χ2n) is 5.23. The molecule has 2 heteroatoms. The first kappa shape index (κ1) is 14.8. The molecule has 2 N–H and O–H groups in total. The molecule has 0 saturated carbocycles. The first-order valence-corrected chi connectivity index (χ1v) is 7.16. The van der Waals surface area contributed by atoms with Crippen molar-refractivity contribution in [3.05, 3.63) is 71.3 Å². The summed E-state index contributed by atoms with van der Waals surface area (Å²) in [7, 11) is 0. The average Bonchev–Trinajstić information content (AvgIpc) is 2.49. The summed E-state index contributed by atoms with van der Waals surface area (Å²) in [5.74, 6) is 0.375. The van der Waals surface area contributed by atoms with Crippen molar-refractivity contribution < 1.29 is 4.74 Å². The molecule has 2 aromatic carbocycles. The highest BCUT2D eigenvalue weighted by Gasteiger charge is 2.09. The molecule has 0 amide bonds. The summed E-state index contributed by atoms with van der Waals surface area (Å²) in [6, 6.07) is 18.7. The Morgan fingerprint density at radius 2 is 1.70 bits per heavy atom. The van der Waals surface area contributed by atoms with Crippen LogP contribution in [-0.4, -0.2) is 13.2 Å². The van der Waals surface area contributed by atoms with Crippen molar-refractivity contribution in [1.82, 2.24) is 0 Å². The summed E-state index contributed by atoms with van der Waals surface area (Å²) in [6.07, 6.45) is 0.984. The second kappa shape index (κ2) is 7.83. The van der Waals surface area contributed by atoms with Gasteiger partial charge in [0, 0.05) is 0 Å². The summed E-state index contributed by atoms with van der Waals surface area (Å²) in [5.41, 5.74) is 9.77. The van der Waals surface area contributed by atoms with E-state index < -0.39 is 0 Å². The summed E-state index contributed by atoms with van der Waals surface area (Å²) in [6.45, 7) is 4.17. The van der Waals surface area contributed by atoms with Crippen LogP contribution in [0, 0.1) is 12.8 Å². The fraction of sp³-hybridized carbons (Fsp3) is 0.333. The third kappa shape index (κ3) is 4.48. The van der Waals surface area contributed by atoms with Gasteiger partial charge in [-0.3, -0.25) is 0 Å². The van der Waals surface area contributed by atoms with Gasteiger partial charge in [-0.15, -0.1) is 0 Å². The van der Waals surface area contributed by atoms with Crippen molar-refractivity contribution >= 4 is 0 Å². The van der Waals surface area contributed by atoms with E-state index in [9.17, 15) is 0 Å². The minimum Gasteiger partial charge on any atom is -0.376 e. The normalized spacial score (nSPS) is 12.3. The third-order valence-electron chi connectivity index (χ3n) is 3.57.